The van der Waals surface area contributed by atoms with Gasteiger partial charge in [-0.25, -0.2) is 4.39 Å². The Hall–Kier alpha value is -1.16. The highest BCUT2D eigenvalue weighted by Gasteiger charge is 1.94. The van der Waals surface area contributed by atoms with Gasteiger partial charge >= 0.3 is 0 Å². The molecule has 1 aromatic heterocycles. The Labute approximate surface area is 56.1 Å². The lowest BCUT2D eigenvalue weighted by Gasteiger charge is -1.93. The lowest BCUT2D eigenvalue weighted by Crippen LogP contribution is -2.08. The van der Waals surface area contributed by atoms with E-state index in [-0.39, 0.29) is 12.3 Å². The fraction of sp³-hybridized carbons (Fsp3) is 0.167. The first kappa shape index (κ1) is 6.95. The number of aliphatic hydroxyl groups excluding tert-OH is 1. The Morgan fingerprint density at radius 1 is 1.60 bits per heavy atom. The van der Waals surface area contributed by atoms with E-state index in [0.717, 1.165) is 12.1 Å². The maximum Gasteiger partial charge on any atom is 0.251 e. The van der Waals surface area contributed by atoms with E-state index in [2.05, 4.69) is 4.98 Å². The van der Waals surface area contributed by atoms with Crippen LogP contribution in [0, 0.1) is 5.82 Å². The van der Waals surface area contributed by atoms with Crippen LogP contribution < -0.4 is 5.56 Å². The van der Waals surface area contributed by atoms with Crippen molar-refractivity contribution in [2.24, 2.45) is 0 Å². The Kier molecular flexibility index (Phi) is 1.82. The quantitative estimate of drug-likeness (QED) is 0.581. The van der Waals surface area contributed by atoms with Gasteiger partial charge < -0.3 is 10.1 Å². The third-order valence-electron chi connectivity index (χ3n) is 1.04. The monoisotopic (exact) mass is 143 g/mol. The Bertz CT molecular complexity index is 281. The standard InChI is InChI=1S/C6H6FNO2/c7-4-1-5(3-9)8-6(10)2-4/h1-2,9H,3H2,(H,8,10). The summed E-state index contributed by atoms with van der Waals surface area (Å²) in [6.07, 6.45) is 0. The molecule has 4 heteroatoms. The maximum absolute atomic E-state index is 12.3. The molecular weight excluding hydrogens is 137 g/mol. The van der Waals surface area contributed by atoms with Crippen LogP contribution in [-0.2, 0) is 6.61 Å². The predicted octanol–water partition coefficient (Wildman–Crippen LogP) is 0.00630. The van der Waals surface area contributed by atoms with Gasteiger partial charge in [0.05, 0.1) is 6.61 Å². The second-order valence-electron chi connectivity index (χ2n) is 1.85. The number of hydrogen-bond donors (Lipinski definition) is 2. The molecule has 0 saturated carbocycles. The van der Waals surface area contributed by atoms with Crippen molar-refractivity contribution < 1.29 is 9.50 Å². The van der Waals surface area contributed by atoms with Crippen molar-refractivity contribution in [3.05, 3.63) is 34.0 Å². The second-order valence-corrected chi connectivity index (χ2v) is 1.85. The van der Waals surface area contributed by atoms with Gasteiger partial charge in [0.25, 0.3) is 5.56 Å². The van der Waals surface area contributed by atoms with Crippen molar-refractivity contribution in [1.29, 1.82) is 0 Å². The number of rotatable bonds is 1. The molecule has 1 rings (SSSR count). The van der Waals surface area contributed by atoms with E-state index in [1.807, 2.05) is 0 Å². The molecule has 3 nitrogen and oxygen atoms in total. The minimum atomic E-state index is -0.632. The SMILES string of the molecule is O=c1cc(F)cc(CO)[nH]1. The number of halogens is 1. The van der Waals surface area contributed by atoms with E-state index in [4.69, 9.17) is 5.11 Å². The number of pyridine rings is 1. The number of H-pyrrole nitrogens is 1. The molecule has 0 radical (unpaired) electrons. The number of nitrogens with one attached hydrogen (secondary N) is 1. The van der Waals surface area contributed by atoms with Crippen LogP contribution in [0.25, 0.3) is 0 Å². The Balaban J connectivity index is 3.19. The molecule has 0 spiro atoms. The molecule has 0 aromatic carbocycles. The van der Waals surface area contributed by atoms with Crippen molar-refractivity contribution in [1.82, 2.24) is 4.98 Å². The third-order valence-corrected chi connectivity index (χ3v) is 1.04. The summed E-state index contributed by atoms with van der Waals surface area (Å²) >= 11 is 0. The van der Waals surface area contributed by atoms with Gasteiger partial charge in [-0.2, -0.15) is 0 Å². The van der Waals surface area contributed by atoms with Crippen molar-refractivity contribution in [2.75, 3.05) is 0 Å². The third kappa shape index (κ3) is 1.41. The summed E-state index contributed by atoms with van der Waals surface area (Å²) in [5.41, 5.74) is -0.353. The van der Waals surface area contributed by atoms with Crippen molar-refractivity contribution in [3.8, 4) is 0 Å². The summed E-state index contributed by atoms with van der Waals surface area (Å²) < 4.78 is 12.3. The van der Waals surface area contributed by atoms with E-state index in [9.17, 15) is 9.18 Å². The number of aliphatic hydroxyl groups is 1. The number of hydrogen-bond acceptors (Lipinski definition) is 2. The molecule has 0 fully saturated rings. The summed E-state index contributed by atoms with van der Waals surface area (Å²) in [6.45, 7) is -0.354. The number of aromatic amines is 1. The topological polar surface area (TPSA) is 53.1 Å². The first-order valence-electron chi connectivity index (χ1n) is 2.72. The van der Waals surface area contributed by atoms with E-state index in [0.29, 0.717) is 0 Å². The molecule has 0 aliphatic heterocycles. The van der Waals surface area contributed by atoms with Crippen LogP contribution in [0.2, 0.25) is 0 Å². The molecule has 1 heterocycles. The van der Waals surface area contributed by atoms with Gasteiger partial charge in [-0.1, -0.05) is 0 Å². The van der Waals surface area contributed by atoms with Crippen molar-refractivity contribution >= 4 is 0 Å². The van der Waals surface area contributed by atoms with Crippen LogP contribution in [-0.4, -0.2) is 10.1 Å². The smallest absolute Gasteiger partial charge is 0.251 e. The molecule has 0 aliphatic carbocycles. The fourth-order valence-electron chi connectivity index (χ4n) is 0.649. The Morgan fingerprint density at radius 2 is 2.30 bits per heavy atom. The lowest BCUT2D eigenvalue weighted by atomic mass is 10.3. The van der Waals surface area contributed by atoms with Crippen LogP contribution in [0.15, 0.2) is 16.9 Å². The first-order chi connectivity index (χ1) is 4.72. The summed E-state index contributed by atoms with van der Waals surface area (Å²) in [7, 11) is 0. The van der Waals surface area contributed by atoms with E-state index < -0.39 is 11.4 Å². The average molecular weight is 143 g/mol. The fourth-order valence-corrected chi connectivity index (χ4v) is 0.649. The summed E-state index contributed by atoms with van der Waals surface area (Å²) in [4.78, 5) is 12.7. The largest absolute Gasteiger partial charge is 0.390 e. The first-order valence-corrected chi connectivity index (χ1v) is 2.72. The molecule has 0 saturated heterocycles. The predicted molar refractivity (Wildman–Crippen MR) is 32.9 cm³/mol. The minimum Gasteiger partial charge on any atom is -0.390 e. The molecule has 1 aromatic rings. The molecule has 54 valence electrons. The molecule has 0 unspecified atom stereocenters. The maximum atomic E-state index is 12.3. The molecule has 10 heavy (non-hydrogen) atoms. The summed E-state index contributed by atoms with van der Waals surface area (Å²) in [6, 6.07) is 1.89. The summed E-state index contributed by atoms with van der Waals surface area (Å²) in [5, 5.41) is 8.45. The summed E-state index contributed by atoms with van der Waals surface area (Å²) in [5.74, 6) is -0.632. The van der Waals surface area contributed by atoms with Crippen molar-refractivity contribution in [2.45, 2.75) is 6.61 Å². The zero-order chi connectivity index (χ0) is 7.56. The van der Waals surface area contributed by atoms with E-state index >= 15 is 0 Å². The van der Waals surface area contributed by atoms with Gasteiger partial charge in [0.1, 0.15) is 5.82 Å². The van der Waals surface area contributed by atoms with Crippen LogP contribution in [0.1, 0.15) is 5.69 Å². The lowest BCUT2D eigenvalue weighted by molar-refractivity contribution is 0.275. The van der Waals surface area contributed by atoms with Crippen molar-refractivity contribution in [3.63, 3.8) is 0 Å². The van der Waals surface area contributed by atoms with Gasteiger partial charge in [0.15, 0.2) is 0 Å². The molecular formula is C6H6FNO2. The zero-order valence-corrected chi connectivity index (χ0v) is 5.10. The zero-order valence-electron chi connectivity index (χ0n) is 5.10. The van der Waals surface area contributed by atoms with E-state index in [1.165, 1.54) is 0 Å². The molecule has 0 bridgehead atoms. The number of aromatic nitrogens is 1. The van der Waals surface area contributed by atoms with Gasteiger partial charge in [0, 0.05) is 11.8 Å². The molecule has 0 amide bonds. The average Bonchev–Trinajstić information content (AvgIpc) is 1.85. The molecule has 2 N–H and O–H groups in total. The van der Waals surface area contributed by atoms with E-state index in [1.54, 1.807) is 0 Å². The molecule has 0 aliphatic rings. The molecule has 0 atom stereocenters. The second kappa shape index (κ2) is 2.62. The minimum absolute atomic E-state index is 0.185. The highest BCUT2D eigenvalue weighted by Crippen LogP contribution is 1.94. The van der Waals surface area contributed by atoms with Crippen LogP contribution in [0.3, 0.4) is 0 Å². The van der Waals surface area contributed by atoms with Gasteiger partial charge in [-0.3, -0.25) is 4.79 Å². The van der Waals surface area contributed by atoms with Gasteiger partial charge in [-0.05, 0) is 6.07 Å². The highest BCUT2D eigenvalue weighted by atomic mass is 19.1. The van der Waals surface area contributed by atoms with Crippen LogP contribution in [0.4, 0.5) is 4.39 Å². The van der Waals surface area contributed by atoms with Crippen LogP contribution in [0.5, 0.6) is 0 Å². The van der Waals surface area contributed by atoms with Gasteiger partial charge in [-0.15, -0.1) is 0 Å². The highest BCUT2D eigenvalue weighted by molar-refractivity contribution is 5.04. The normalized spacial score (nSPS) is 9.80. The van der Waals surface area contributed by atoms with Gasteiger partial charge in [0.2, 0.25) is 0 Å². The Morgan fingerprint density at radius 3 is 2.80 bits per heavy atom. The van der Waals surface area contributed by atoms with Crippen LogP contribution >= 0.6 is 0 Å².